The lowest BCUT2D eigenvalue weighted by Crippen LogP contribution is -2.34. The Kier molecular flexibility index (Phi) is 7.46. The van der Waals surface area contributed by atoms with E-state index in [4.69, 9.17) is 0 Å². The molecule has 1 aliphatic carbocycles. The molecule has 1 fully saturated rings. The minimum Gasteiger partial charge on any atom is -0.510 e. The molecule has 3 nitrogen and oxygen atoms in total. The molecular formula is C24H33NO2. The number of likely N-dealkylation sites (N-methyl/N-ethyl adjacent to an activating group) is 1. The molecule has 3 unspecified atom stereocenters. The van der Waals surface area contributed by atoms with Gasteiger partial charge in [0.1, 0.15) is 5.76 Å². The second kappa shape index (κ2) is 9.59. The van der Waals surface area contributed by atoms with Crippen molar-refractivity contribution >= 4 is 5.91 Å². The van der Waals surface area contributed by atoms with Crippen LogP contribution < -0.4 is 0 Å². The van der Waals surface area contributed by atoms with E-state index in [2.05, 4.69) is 19.9 Å². The van der Waals surface area contributed by atoms with Crippen LogP contribution in [0.5, 0.6) is 0 Å². The third kappa shape index (κ3) is 4.91. The Labute approximate surface area is 164 Å². The zero-order chi connectivity index (χ0) is 20.0. The van der Waals surface area contributed by atoms with Gasteiger partial charge in [0.15, 0.2) is 0 Å². The molecule has 0 radical (unpaired) electrons. The smallest absolute Gasteiger partial charge is 0.258 e. The van der Waals surface area contributed by atoms with Crippen LogP contribution >= 0.6 is 0 Å². The van der Waals surface area contributed by atoms with Crippen molar-refractivity contribution in [3.63, 3.8) is 0 Å². The van der Waals surface area contributed by atoms with Gasteiger partial charge in [-0.3, -0.25) is 4.79 Å². The Morgan fingerprint density at radius 2 is 1.96 bits per heavy atom. The van der Waals surface area contributed by atoms with Crippen LogP contribution in [-0.4, -0.2) is 23.0 Å². The number of nitrogens with zero attached hydrogens (tertiary/aromatic N) is 1. The number of carbonyl (C=O) groups excluding carboxylic acids is 1. The van der Waals surface area contributed by atoms with Crippen LogP contribution in [0.4, 0.5) is 0 Å². The maximum atomic E-state index is 13.2. The Balaban J connectivity index is 2.27. The van der Waals surface area contributed by atoms with Crippen molar-refractivity contribution in [1.82, 2.24) is 4.90 Å². The van der Waals surface area contributed by atoms with Crippen LogP contribution in [0.1, 0.15) is 56.5 Å². The molecule has 0 heterocycles. The Hall–Kier alpha value is -2.29. The molecule has 0 aliphatic heterocycles. The first-order chi connectivity index (χ1) is 12.9. The van der Waals surface area contributed by atoms with Crippen molar-refractivity contribution in [2.24, 2.45) is 17.8 Å². The van der Waals surface area contributed by atoms with Gasteiger partial charge in [-0.25, -0.2) is 0 Å². The summed E-state index contributed by atoms with van der Waals surface area (Å²) >= 11 is 0. The summed E-state index contributed by atoms with van der Waals surface area (Å²) in [5.74, 6) is 2.26. The van der Waals surface area contributed by atoms with Crippen LogP contribution in [0.2, 0.25) is 0 Å². The molecule has 2 rings (SSSR count). The molecule has 3 atom stereocenters. The Morgan fingerprint density at radius 1 is 1.26 bits per heavy atom. The number of aliphatic hydroxyl groups excluding tert-OH is 1. The second-order valence-electron chi connectivity index (χ2n) is 7.63. The fourth-order valence-corrected chi connectivity index (χ4v) is 3.76. The number of aliphatic hydroxyl groups is 1. The predicted molar refractivity (Wildman–Crippen MR) is 113 cm³/mol. The van der Waals surface area contributed by atoms with E-state index in [-0.39, 0.29) is 11.7 Å². The number of benzene rings is 1. The number of hydrogen-bond acceptors (Lipinski definition) is 2. The molecule has 27 heavy (non-hydrogen) atoms. The Bertz CT molecular complexity index is 745. The summed E-state index contributed by atoms with van der Waals surface area (Å²) in [4.78, 5) is 14.8. The van der Waals surface area contributed by atoms with Crippen LogP contribution in [0.25, 0.3) is 0 Å². The lowest BCUT2D eigenvalue weighted by molar-refractivity contribution is 0.0827. The van der Waals surface area contributed by atoms with Crippen LogP contribution in [0.3, 0.4) is 0 Å². The number of allylic oxidation sites excluding steroid dienone is 5. The second-order valence-corrected chi connectivity index (χ2v) is 7.63. The number of rotatable bonds is 7. The predicted octanol–water partition coefficient (Wildman–Crippen LogP) is 5.91. The highest BCUT2D eigenvalue weighted by Gasteiger charge is 2.34. The molecule has 1 saturated carbocycles. The molecule has 1 N–H and O–H groups in total. The number of carbonyl (C=O) groups is 1. The van der Waals surface area contributed by atoms with E-state index in [9.17, 15) is 9.90 Å². The van der Waals surface area contributed by atoms with E-state index in [0.29, 0.717) is 24.0 Å². The molecule has 146 valence electrons. The van der Waals surface area contributed by atoms with E-state index in [1.54, 1.807) is 18.0 Å². The molecule has 1 aromatic carbocycles. The number of hydrogen-bond donors (Lipinski definition) is 1. The molecule has 0 bridgehead atoms. The van der Waals surface area contributed by atoms with Gasteiger partial charge in [0.2, 0.25) is 0 Å². The summed E-state index contributed by atoms with van der Waals surface area (Å²) in [6, 6.07) is 7.88. The highest BCUT2D eigenvalue weighted by Crippen LogP contribution is 2.42. The third-order valence-electron chi connectivity index (χ3n) is 5.90. The zero-order valence-corrected chi connectivity index (χ0v) is 17.3. The lowest BCUT2D eigenvalue weighted by Gasteiger charge is -2.41. The molecule has 1 aliphatic rings. The van der Waals surface area contributed by atoms with Gasteiger partial charge in [-0.2, -0.15) is 0 Å². The first-order valence-electron chi connectivity index (χ1n) is 9.98. The summed E-state index contributed by atoms with van der Waals surface area (Å²) in [5, 5.41) is 10.3. The van der Waals surface area contributed by atoms with Gasteiger partial charge in [0.25, 0.3) is 5.91 Å². The van der Waals surface area contributed by atoms with Crippen molar-refractivity contribution in [3.8, 4) is 0 Å². The van der Waals surface area contributed by atoms with Crippen molar-refractivity contribution in [1.29, 1.82) is 0 Å². The van der Waals surface area contributed by atoms with E-state index >= 15 is 0 Å². The topological polar surface area (TPSA) is 40.5 Å². The van der Waals surface area contributed by atoms with E-state index in [1.165, 1.54) is 6.42 Å². The van der Waals surface area contributed by atoms with Crippen molar-refractivity contribution in [2.75, 3.05) is 7.05 Å². The van der Waals surface area contributed by atoms with Crippen molar-refractivity contribution in [3.05, 3.63) is 71.2 Å². The molecule has 0 aromatic heterocycles. The standard InChI is InChI=1S/C24H33NO2/c1-6-8-9-14-22(23(26)7-2)25(5)24(27)21-13-11-10-12-19(21)16-20-15-17(3)18(20)4/h6,8-14,17-18,20,26H,7,15-16H2,1-5H3/b8-6-,14-9-,23-22-. The van der Waals surface area contributed by atoms with Gasteiger partial charge >= 0.3 is 0 Å². The molecular weight excluding hydrogens is 334 g/mol. The first kappa shape index (κ1) is 21.0. The summed E-state index contributed by atoms with van der Waals surface area (Å²) < 4.78 is 0. The third-order valence-corrected chi connectivity index (χ3v) is 5.90. The number of amides is 1. The summed E-state index contributed by atoms with van der Waals surface area (Å²) in [7, 11) is 1.73. The highest BCUT2D eigenvalue weighted by atomic mass is 16.3. The van der Waals surface area contributed by atoms with Crippen molar-refractivity contribution < 1.29 is 9.90 Å². The van der Waals surface area contributed by atoms with Gasteiger partial charge in [-0.05, 0) is 55.2 Å². The van der Waals surface area contributed by atoms with Gasteiger partial charge in [0, 0.05) is 19.0 Å². The summed E-state index contributed by atoms with van der Waals surface area (Å²) in [6.45, 7) is 8.42. The van der Waals surface area contributed by atoms with E-state index in [0.717, 1.165) is 23.5 Å². The van der Waals surface area contributed by atoms with Crippen molar-refractivity contribution in [2.45, 2.75) is 47.0 Å². The minimum absolute atomic E-state index is 0.0780. The van der Waals surface area contributed by atoms with Gasteiger partial charge in [-0.15, -0.1) is 0 Å². The van der Waals surface area contributed by atoms with Gasteiger partial charge < -0.3 is 10.0 Å². The van der Waals surface area contributed by atoms with E-state index in [1.807, 2.05) is 50.3 Å². The lowest BCUT2D eigenvalue weighted by atomic mass is 9.64. The summed E-state index contributed by atoms with van der Waals surface area (Å²) in [6.07, 6.45) is 10.1. The zero-order valence-electron chi connectivity index (χ0n) is 17.3. The highest BCUT2D eigenvalue weighted by molar-refractivity contribution is 5.97. The quantitative estimate of drug-likeness (QED) is 0.481. The normalized spacial score (nSPS) is 23.4. The van der Waals surface area contributed by atoms with Gasteiger partial charge in [-0.1, -0.05) is 57.2 Å². The first-order valence-corrected chi connectivity index (χ1v) is 9.98. The van der Waals surface area contributed by atoms with Crippen LogP contribution in [0, 0.1) is 17.8 Å². The maximum Gasteiger partial charge on any atom is 0.258 e. The van der Waals surface area contributed by atoms with Crippen LogP contribution in [-0.2, 0) is 6.42 Å². The van der Waals surface area contributed by atoms with E-state index < -0.39 is 0 Å². The molecule has 1 amide bonds. The van der Waals surface area contributed by atoms with Gasteiger partial charge in [0.05, 0.1) is 5.70 Å². The average Bonchev–Trinajstić information content (AvgIpc) is 2.69. The average molecular weight is 368 g/mol. The monoisotopic (exact) mass is 367 g/mol. The molecule has 1 aromatic rings. The summed E-state index contributed by atoms with van der Waals surface area (Å²) in [5.41, 5.74) is 2.37. The maximum absolute atomic E-state index is 13.2. The fraction of sp³-hybridized carbons (Fsp3) is 0.458. The molecule has 0 saturated heterocycles. The molecule has 0 spiro atoms. The molecule has 3 heteroatoms. The fourth-order valence-electron chi connectivity index (χ4n) is 3.76. The largest absolute Gasteiger partial charge is 0.510 e. The minimum atomic E-state index is -0.0780. The van der Waals surface area contributed by atoms with Crippen LogP contribution in [0.15, 0.2) is 60.0 Å². The Morgan fingerprint density at radius 3 is 2.56 bits per heavy atom. The SMILES string of the molecule is C\C=C/C=C\C(=C(\O)CC)N(C)C(=O)c1ccccc1CC1CC(C)C1C.